The number of aliphatic carboxylic acids is 1. The third kappa shape index (κ3) is 9.18. The quantitative estimate of drug-likeness (QED) is 0.305. The average molecular weight is 597 g/mol. The van der Waals surface area contributed by atoms with Gasteiger partial charge in [-0.25, -0.2) is 17.6 Å². The van der Waals surface area contributed by atoms with Gasteiger partial charge in [-0.2, -0.15) is 13.2 Å². The van der Waals surface area contributed by atoms with Crippen LogP contribution in [0, 0.1) is 12.7 Å². The number of aryl methyl sites for hydroxylation is 1. The zero-order chi connectivity index (χ0) is 30.2. The van der Waals surface area contributed by atoms with Gasteiger partial charge in [0.15, 0.2) is 0 Å². The number of carbonyl (C=O) groups is 2. The molecule has 3 aromatic rings. The van der Waals surface area contributed by atoms with E-state index in [9.17, 15) is 30.8 Å². The van der Waals surface area contributed by atoms with E-state index in [1.54, 1.807) is 54.6 Å². The van der Waals surface area contributed by atoms with Crippen molar-refractivity contribution in [1.82, 2.24) is 10.6 Å². The molecule has 9 nitrogen and oxygen atoms in total. The standard InChI is InChI=1S/C25H27FN4O3S.C2HF3O2/c1-18-5-8-22(9-6-18)34(32,33)29-23-16-20(7-10-24(23)30-13-11-27-12-14-30)25(31)28-17-19-3-2-4-21(26)15-19;3-2(4,5)1(6)7/h2-10,15-16,27,29H,11-14,17H2,1H3,(H,28,31);(H,6,7). The molecule has 0 unspecified atom stereocenters. The number of carbonyl (C=O) groups excluding carboxylic acids is 1. The minimum Gasteiger partial charge on any atom is -0.475 e. The summed E-state index contributed by atoms with van der Waals surface area (Å²) in [5.41, 5.74) is 2.93. The summed E-state index contributed by atoms with van der Waals surface area (Å²) >= 11 is 0. The highest BCUT2D eigenvalue weighted by Gasteiger charge is 2.38. The SMILES string of the molecule is Cc1ccc(S(=O)(=O)Nc2cc(C(=O)NCc3cccc(F)c3)ccc2N2CCNCC2)cc1.O=C(O)C(F)(F)F. The molecular weight excluding hydrogens is 568 g/mol. The molecule has 1 saturated heterocycles. The van der Waals surface area contributed by atoms with Crippen LogP contribution in [0.2, 0.25) is 0 Å². The van der Waals surface area contributed by atoms with Crippen LogP contribution >= 0.6 is 0 Å². The van der Waals surface area contributed by atoms with Gasteiger partial charge < -0.3 is 20.6 Å². The number of piperazine rings is 1. The molecule has 14 heteroatoms. The Kier molecular flexibility index (Phi) is 10.3. The Bertz CT molecular complexity index is 1480. The first-order valence-electron chi connectivity index (χ1n) is 12.3. The van der Waals surface area contributed by atoms with Gasteiger partial charge in [-0.15, -0.1) is 0 Å². The molecule has 0 bridgehead atoms. The smallest absolute Gasteiger partial charge is 0.475 e. The predicted octanol–water partition coefficient (Wildman–Crippen LogP) is 3.91. The molecule has 4 N–H and O–H groups in total. The van der Waals surface area contributed by atoms with Crippen LogP contribution in [0.25, 0.3) is 0 Å². The molecular formula is C27H28F4N4O5S. The Labute approximate surface area is 234 Å². The minimum absolute atomic E-state index is 0.144. The number of hydrogen-bond acceptors (Lipinski definition) is 6. The van der Waals surface area contributed by atoms with Crippen LogP contribution in [0.15, 0.2) is 71.6 Å². The van der Waals surface area contributed by atoms with E-state index in [1.807, 2.05) is 6.92 Å². The van der Waals surface area contributed by atoms with E-state index in [0.717, 1.165) is 18.7 Å². The first kappa shape index (κ1) is 31.4. The molecule has 1 fully saturated rings. The van der Waals surface area contributed by atoms with Crippen molar-refractivity contribution in [3.8, 4) is 0 Å². The van der Waals surface area contributed by atoms with Crippen LogP contribution in [0.3, 0.4) is 0 Å². The van der Waals surface area contributed by atoms with Gasteiger partial charge in [0, 0.05) is 38.3 Å². The molecule has 0 spiro atoms. The van der Waals surface area contributed by atoms with Gasteiger partial charge in [0.05, 0.1) is 16.3 Å². The lowest BCUT2D eigenvalue weighted by Gasteiger charge is -2.31. The number of carboxylic acids is 1. The minimum atomic E-state index is -5.08. The van der Waals surface area contributed by atoms with E-state index in [1.165, 1.54) is 12.1 Å². The monoisotopic (exact) mass is 596 g/mol. The Morgan fingerprint density at radius 2 is 1.63 bits per heavy atom. The lowest BCUT2D eigenvalue weighted by molar-refractivity contribution is -0.192. The third-order valence-corrected chi connectivity index (χ3v) is 7.26. The van der Waals surface area contributed by atoms with Crippen molar-refractivity contribution in [3.63, 3.8) is 0 Å². The largest absolute Gasteiger partial charge is 0.490 e. The summed E-state index contributed by atoms with van der Waals surface area (Å²) in [5.74, 6) is -3.51. The highest BCUT2D eigenvalue weighted by Crippen LogP contribution is 2.30. The third-order valence-electron chi connectivity index (χ3n) is 5.88. The lowest BCUT2D eigenvalue weighted by atomic mass is 10.1. The molecule has 0 atom stereocenters. The second-order valence-corrected chi connectivity index (χ2v) is 10.7. The first-order chi connectivity index (χ1) is 19.3. The summed E-state index contributed by atoms with van der Waals surface area (Å²) in [5, 5.41) is 13.2. The van der Waals surface area contributed by atoms with Gasteiger partial charge in [0.2, 0.25) is 0 Å². The summed E-state index contributed by atoms with van der Waals surface area (Å²) in [4.78, 5) is 23.9. The van der Waals surface area contributed by atoms with Crippen LogP contribution in [0.1, 0.15) is 21.5 Å². The fourth-order valence-electron chi connectivity index (χ4n) is 3.79. The summed E-state index contributed by atoms with van der Waals surface area (Å²) in [6, 6.07) is 17.6. The number of nitrogens with zero attached hydrogens (tertiary/aromatic N) is 1. The Morgan fingerprint density at radius 3 is 2.22 bits per heavy atom. The molecule has 0 radical (unpaired) electrons. The normalized spacial score (nSPS) is 13.5. The Morgan fingerprint density at radius 1 is 1.00 bits per heavy atom. The number of rotatable bonds is 7. The fourth-order valence-corrected chi connectivity index (χ4v) is 4.86. The van der Waals surface area contributed by atoms with Crippen molar-refractivity contribution < 1.29 is 40.7 Å². The number of alkyl halides is 3. The van der Waals surface area contributed by atoms with Gasteiger partial charge in [0.1, 0.15) is 5.82 Å². The van der Waals surface area contributed by atoms with Crippen LogP contribution in [-0.4, -0.2) is 57.8 Å². The molecule has 0 saturated carbocycles. The van der Waals surface area contributed by atoms with Crippen LogP contribution in [0.4, 0.5) is 28.9 Å². The van der Waals surface area contributed by atoms with Gasteiger partial charge in [-0.1, -0.05) is 29.8 Å². The Balaban J connectivity index is 0.000000587. The molecule has 4 rings (SSSR count). The molecule has 1 aliphatic heterocycles. The van der Waals surface area contributed by atoms with Crippen molar-refractivity contribution in [2.24, 2.45) is 0 Å². The molecule has 220 valence electrons. The van der Waals surface area contributed by atoms with E-state index in [0.29, 0.717) is 35.6 Å². The van der Waals surface area contributed by atoms with E-state index >= 15 is 0 Å². The van der Waals surface area contributed by atoms with Gasteiger partial charge >= 0.3 is 12.1 Å². The predicted molar refractivity (Wildman–Crippen MR) is 145 cm³/mol. The number of amides is 1. The fraction of sp³-hybridized carbons (Fsp3) is 0.259. The number of hydrogen-bond donors (Lipinski definition) is 4. The summed E-state index contributed by atoms with van der Waals surface area (Å²) in [7, 11) is -3.86. The van der Waals surface area contributed by atoms with Gasteiger partial charge in [-0.05, 0) is 55.0 Å². The summed E-state index contributed by atoms with van der Waals surface area (Å²) in [6.07, 6.45) is -5.08. The number of nitrogens with one attached hydrogen (secondary N) is 3. The highest BCUT2D eigenvalue weighted by atomic mass is 32.2. The highest BCUT2D eigenvalue weighted by molar-refractivity contribution is 7.92. The molecule has 1 heterocycles. The second-order valence-electron chi connectivity index (χ2n) is 9.00. The Hall–Kier alpha value is -4.17. The molecule has 3 aromatic carbocycles. The van der Waals surface area contributed by atoms with Gasteiger partial charge in [0.25, 0.3) is 15.9 Å². The zero-order valence-corrected chi connectivity index (χ0v) is 22.7. The number of benzene rings is 3. The maximum absolute atomic E-state index is 13.4. The summed E-state index contributed by atoms with van der Waals surface area (Å²) < 4.78 is 74.0. The van der Waals surface area contributed by atoms with Crippen LogP contribution < -0.4 is 20.3 Å². The van der Waals surface area contributed by atoms with Crippen molar-refractivity contribution >= 4 is 33.3 Å². The van der Waals surface area contributed by atoms with Crippen LogP contribution in [-0.2, 0) is 21.4 Å². The average Bonchev–Trinajstić information content (AvgIpc) is 2.92. The second kappa shape index (κ2) is 13.5. The number of anilines is 2. The van der Waals surface area contributed by atoms with Crippen LogP contribution in [0.5, 0.6) is 0 Å². The van der Waals surface area contributed by atoms with Crippen molar-refractivity contribution in [1.29, 1.82) is 0 Å². The number of sulfonamides is 1. The summed E-state index contributed by atoms with van der Waals surface area (Å²) in [6.45, 7) is 5.02. The van der Waals surface area contributed by atoms with E-state index in [4.69, 9.17) is 9.90 Å². The molecule has 1 amide bonds. The van der Waals surface area contributed by atoms with Crippen molar-refractivity contribution in [3.05, 3.63) is 89.2 Å². The van der Waals surface area contributed by atoms with Crippen molar-refractivity contribution in [2.45, 2.75) is 24.5 Å². The number of carboxylic acid groups (broad SMARTS) is 1. The molecule has 0 aliphatic carbocycles. The zero-order valence-electron chi connectivity index (χ0n) is 21.8. The van der Waals surface area contributed by atoms with E-state index in [2.05, 4.69) is 20.3 Å². The van der Waals surface area contributed by atoms with E-state index in [-0.39, 0.29) is 23.2 Å². The van der Waals surface area contributed by atoms with E-state index < -0.39 is 22.2 Å². The van der Waals surface area contributed by atoms with Crippen molar-refractivity contribution in [2.75, 3.05) is 35.8 Å². The maximum Gasteiger partial charge on any atom is 0.490 e. The van der Waals surface area contributed by atoms with Gasteiger partial charge in [-0.3, -0.25) is 9.52 Å². The molecule has 0 aromatic heterocycles. The maximum atomic E-state index is 13.4. The topological polar surface area (TPSA) is 128 Å². The molecule has 1 aliphatic rings. The first-order valence-corrected chi connectivity index (χ1v) is 13.8. The number of halogens is 4. The lowest BCUT2D eigenvalue weighted by Crippen LogP contribution is -2.43. The molecule has 41 heavy (non-hydrogen) atoms.